The van der Waals surface area contributed by atoms with E-state index in [-0.39, 0.29) is 11.9 Å². The van der Waals surface area contributed by atoms with Crippen LogP contribution in [0.25, 0.3) is 0 Å². The van der Waals surface area contributed by atoms with E-state index in [2.05, 4.69) is 48.5 Å². The van der Waals surface area contributed by atoms with E-state index in [0.717, 1.165) is 24.0 Å². The summed E-state index contributed by atoms with van der Waals surface area (Å²) >= 11 is 0. The van der Waals surface area contributed by atoms with Gasteiger partial charge in [-0.05, 0) is 47.2 Å². The molecule has 0 fully saturated rings. The van der Waals surface area contributed by atoms with E-state index in [0.29, 0.717) is 13.2 Å². The molecule has 1 atom stereocenters. The molecule has 0 saturated heterocycles. The number of hydrogen-bond donors (Lipinski definition) is 1. The molecule has 0 saturated carbocycles. The first kappa shape index (κ1) is 18.3. The van der Waals surface area contributed by atoms with Crippen LogP contribution in [-0.4, -0.2) is 6.54 Å². The minimum absolute atomic E-state index is 0.228. The molecule has 3 aromatic rings. The van der Waals surface area contributed by atoms with Crippen LogP contribution in [0.2, 0.25) is 0 Å². The topological polar surface area (TPSA) is 35.2 Å². The smallest absolute Gasteiger partial charge is 0.123 e. The lowest BCUT2D eigenvalue weighted by Crippen LogP contribution is -2.15. The number of nitrogens with two attached hydrogens (primary N) is 1. The Balaban J connectivity index is 1.52. The fraction of sp³-hybridized carbons (Fsp3) is 0.217. The molecule has 3 aromatic carbocycles. The zero-order valence-electron chi connectivity index (χ0n) is 14.8. The van der Waals surface area contributed by atoms with Gasteiger partial charge in [-0.25, -0.2) is 4.39 Å². The number of rotatable bonds is 8. The van der Waals surface area contributed by atoms with Gasteiger partial charge in [0.05, 0.1) is 12.7 Å². The van der Waals surface area contributed by atoms with Gasteiger partial charge < -0.3 is 10.5 Å². The van der Waals surface area contributed by atoms with Crippen molar-refractivity contribution in [3.05, 3.63) is 107 Å². The molecule has 134 valence electrons. The lowest BCUT2D eigenvalue weighted by molar-refractivity contribution is 0.0456. The molecule has 0 aliphatic rings. The average molecular weight is 349 g/mol. The molecule has 0 spiro atoms. The number of ether oxygens (including phenoxy) is 1. The Bertz CT molecular complexity index is 785. The summed E-state index contributed by atoms with van der Waals surface area (Å²) in [4.78, 5) is 0. The maximum absolute atomic E-state index is 13.0. The summed E-state index contributed by atoms with van der Waals surface area (Å²) in [5, 5.41) is 0. The molecular weight excluding hydrogens is 325 g/mol. The zero-order valence-corrected chi connectivity index (χ0v) is 14.8. The summed E-state index contributed by atoms with van der Waals surface area (Å²) < 4.78 is 19.0. The predicted molar refractivity (Wildman–Crippen MR) is 103 cm³/mol. The molecule has 0 heterocycles. The van der Waals surface area contributed by atoms with Gasteiger partial charge in [-0.15, -0.1) is 0 Å². The van der Waals surface area contributed by atoms with Crippen LogP contribution in [0.5, 0.6) is 0 Å². The van der Waals surface area contributed by atoms with Crippen molar-refractivity contribution in [2.75, 3.05) is 6.54 Å². The molecule has 26 heavy (non-hydrogen) atoms. The predicted octanol–water partition coefficient (Wildman–Crippen LogP) is 4.83. The standard InChI is InChI=1S/C23H24FNO/c24-22-14-12-21(13-15-22)23(16-25)26-17-20-10-8-19(9-11-20)7-6-18-4-2-1-3-5-18/h1-5,8-15,23H,6-7,16-17,25H2. The van der Waals surface area contributed by atoms with Crippen molar-refractivity contribution in [3.8, 4) is 0 Å². The van der Waals surface area contributed by atoms with Gasteiger partial charge in [0.25, 0.3) is 0 Å². The fourth-order valence-electron chi connectivity index (χ4n) is 2.91. The summed E-state index contributed by atoms with van der Waals surface area (Å²) in [6, 6.07) is 25.3. The van der Waals surface area contributed by atoms with Gasteiger partial charge in [0.1, 0.15) is 5.82 Å². The SMILES string of the molecule is NCC(OCc1ccc(CCc2ccccc2)cc1)c1ccc(F)cc1. The van der Waals surface area contributed by atoms with Crippen molar-refractivity contribution in [1.82, 2.24) is 0 Å². The Kier molecular flexibility index (Phi) is 6.53. The highest BCUT2D eigenvalue weighted by Crippen LogP contribution is 2.19. The Morgan fingerprint density at radius 2 is 1.31 bits per heavy atom. The van der Waals surface area contributed by atoms with Crippen LogP contribution in [0, 0.1) is 5.82 Å². The third-order valence-corrected chi connectivity index (χ3v) is 4.48. The third kappa shape index (κ3) is 5.25. The molecular formula is C23H24FNO. The fourth-order valence-corrected chi connectivity index (χ4v) is 2.91. The van der Waals surface area contributed by atoms with Crippen LogP contribution in [-0.2, 0) is 24.2 Å². The van der Waals surface area contributed by atoms with Crippen LogP contribution < -0.4 is 5.73 Å². The molecule has 0 aliphatic carbocycles. The second kappa shape index (κ2) is 9.27. The summed E-state index contributed by atoms with van der Waals surface area (Å²) in [7, 11) is 0. The van der Waals surface area contributed by atoms with Crippen LogP contribution >= 0.6 is 0 Å². The van der Waals surface area contributed by atoms with Gasteiger partial charge >= 0.3 is 0 Å². The first-order chi connectivity index (χ1) is 12.7. The van der Waals surface area contributed by atoms with Crippen molar-refractivity contribution in [2.45, 2.75) is 25.6 Å². The van der Waals surface area contributed by atoms with E-state index in [1.165, 1.54) is 23.3 Å². The van der Waals surface area contributed by atoms with Crippen molar-refractivity contribution in [3.63, 3.8) is 0 Å². The number of halogens is 1. The highest BCUT2D eigenvalue weighted by molar-refractivity contribution is 5.24. The largest absolute Gasteiger partial charge is 0.368 e. The van der Waals surface area contributed by atoms with E-state index < -0.39 is 0 Å². The Morgan fingerprint density at radius 1 is 0.731 bits per heavy atom. The van der Waals surface area contributed by atoms with Crippen LogP contribution in [0.3, 0.4) is 0 Å². The Morgan fingerprint density at radius 3 is 1.92 bits per heavy atom. The molecule has 0 aromatic heterocycles. The average Bonchev–Trinajstić information content (AvgIpc) is 2.70. The summed E-state index contributed by atoms with van der Waals surface area (Å²) in [6.07, 6.45) is 1.83. The van der Waals surface area contributed by atoms with Gasteiger partial charge in [0.2, 0.25) is 0 Å². The molecule has 2 N–H and O–H groups in total. The van der Waals surface area contributed by atoms with E-state index in [4.69, 9.17) is 10.5 Å². The normalized spacial score (nSPS) is 12.1. The number of benzene rings is 3. The Labute approximate surface area is 154 Å². The van der Waals surface area contributed by atoms with Gasteiger partial charge in [0.15, 0.2) is 0 Å². The molecule has 2 nitrogen and oxygen atoms in total. The van der Waals surface area contributed by atoms with Gasteiger partial charge in [-0.1, -0.05) is 66.7 Å². The van der Waals surface area contributed by atoms with Gasteiger partial charge in [0, 0.05) is 6.54 Å². The summed E-state index contributed by atoms with van der Waals surface area (Å²) in [5.74, 6) is -0.254. The zero-order chi connectivity index (χ0) is 18.2. The number of hydrogen-bond acceptors (Lipinski definition) is 2. The first-order valence-corrected chi connectivity index (χ1v) is 8.93. The van der Waals surface area contributed by atoms with Crippen molar-refractivity contribution in [2.24, 2.45) is 5.73 Å². The molecule has 0 amide bonds. The summed E-state index contributed by atoms with van der Waals surface area (Å²) in [5.41, 5.74) is 10.5. The highest BCUT2D eigenvalue weighted by atomic mass is 19.1. The third-order valence-electron chi connectivity index (χ3n) is 4.48. The first-order valence-electron chi connectivity index (χ1n) is 8.93. The monoisotopic (exact) mass is 349 g/mol. The van der Waals surface area contributed by atoms with E-state index in [1.807, 2.05) is 6.07 Å². The molecule has 3 heteroatoms. The quantitative estimate of drug-likeness (QED) is 0.632. The van der Waals surface area contributed by atoms with Crippen molar-refractivity contribution < 1.29 is 9.13 Å². The molecule has 0 bridgehead atoms. The maximum Gasteiger partial charge on any atom is 0.123 e. The summed E-state index contributed by atoms with van der Waals surface area (Å²) in [6.45, 7) is 0.846. The lowest BCUT2D eigenvalue weighted by Gasteiger charge is -2.16. The van der Waals surface area contributed by atoms with E-state index in [9.17, 15) is 4.39 Å². The molecule has 0 aliphatic heterocycles. The van der Waals surface area contributed by atoms with E-state index >= 15 is 0 Å². The molecule has 1 unspecified atom stereocenters. The Hall–Kier alpha value is -2.49. The minimum Gasteiger partial charge on any atom is -0.368 e. The van der Waals surface area contributed by atoms with Crippen LogP contribution in [0.4, 0.5) is 4.39 Å². The van der Waals surface area contributed by atoms with Gasteiger partial charge in [-0.2, -0.15) is 0 Å². The lowest BCUT2D eigenvalue weighted by atomic mass is 10.0. The van der Waals surface area contributed by atoms with Crippen LogP contribution in [0.15, 0.2) is 78.9 Å². The van der Waals surface area contributed by atoms with E-state index in [1.54, 1.807) is 12.1 Å². The highest BCUT2D eigenvalue weighted by Gasteiger charge is 2.10. The maximum atomic E-state index is 13.0. The molecule has 3 rings (SSSR count). The minimum atomic E-state index is -0.254. The van der Waals surface area contributed by atoms with Crippen molar-refractivity contribution >= 4 is 0 Å². The van der Waals surface area contributed by atoms with Crippen molar-refractivity contribution in [1.29, 1.82) is 0 Å². The van der Waals surface area contributed by atoms with Crippen LogP contribution in [0.1, 0.15) is 28.4 Å². The second-order valence-corrected chi connectivity index (χ2v) is 6.39. The number of aryl methyl sites for hydroxylation is 2. The van der Waals surface area contributed by atoms with Gasteiger partial charge in [-0.3, -0.25) is 0 Å². The molecule has 0 radical (unpaired) electrons. The second-order valence-electron chi connectivity index (χ2n) is 6.39.